The Balaban J connectivity index is 2.34. The third-order valence-electron chi connectivity index (χ3n) is 3.38. The largest absolute Gasteiger partial charge is 0.303 e. The predicted octanol–water partition coefficient (Wildman–Crippen LogP) is 2.92. The van der Waals surface area contributed by atoms with Crippen LogP contribution in [0.2, 0.25) is 0 Å². The van der Waals surface area contributed by atoms with Gasteiger partial charge in [0.25, 0.3) is 0 Å². The summed E-state index contributed by atoms with van der Waals surface area (Å²) >= 11 is 4.34. The Labute approximate surface area is 94.7 Å². The van der Waals surface area contributed by atoms with Gasteiger partial charge in [0.1, 0.15) is 0 Å². The molecule has 0 spiro atoms. The average Bonchev–Trinajstić information content (AvgIpc) is 2.51. The lowest BCUT2D eigenvalue weighted by Crippen LogP contribution is -2.29. The van der Waals surface area contributed by atoms with E-state index in [0.717, 1.165) is 17.6 Å². The van der Waals surface area contributed by atoms with Crippen LogP contribution in [0.15, 0.2) is 0 Å². The zero-order valence-electron chi connectivity index (χ0n) is 10.1. The molecule has 14 heavy (non-hydrogen) atoms. The molecular formula is C12H25NS. The van der Waals surface area contributed by atoms with E-state index in [-0.39, 0.29) is 0 Å². The summed E-state index contributed by atoms with van der Waals surface area (Å²) in [6, 6.07) is 0. The first-order chi connectivity index (χ1) is 6.43. The second-order valence-electron chi connectivity index (χ2n) is 5.90. The topological polar surface area (TPSA) is 3.24 Å². The Kier molecular flexibility index (Phi) is 4.32. The number of hydrogen-bond acceptors (Lipinski definition) is 2. The van der Waals surface area contributed by atoms with Gasteiger partial charge < -0.3 is 4.90 Å². The Hall–Kier alpha value is 0.310. The predicted molar refractivity (Wildman–Crippen MR) is 67.0 cm³/mol. The second-order valence-corrected chi connectivity index (χ2v) is 6.26. The molecule has 1 aliphatic heterocycles. The van der Waals surface area contributed by atoms with Gasteiger partial charge in [-0.1, -0.05) is 27.7 Å². The van der Waals surface area contributed by atoms with Crippen LogP contribution in [0.1, 0.15) is 34.1 Å². The van der Waals surface area contributed by atoms with Gasteiger partial charge in [0.2, 0.25) is 0 Å². The van der Waals surface area contributed by atoms with E-state index in [1.54, 1.807) is 0 Å². The van der Waals surface area contributed by atoms with E-state index in [4.69, 9.17) is 0 Å². The maximum Gasteiger partial charge on any atom is 0.00153 e. The molecule has 0 amide bonds. The number of likely N-dealkylation sites (tertiary alicyclic amines) is 1. The molecule has 0 bridgehead atoms. The summed E-state index contributed by atoms with van der Waals surface area (Å²) in [6.45, 7) is 13.2. The van der Waals surface area contributed by atoms with Crippen molar-refractivity contribution in [2.75, 3.05) is 25.4 Å². The maximum atomic E-state index is 4.34. The van der Waals surface area contributed by atoms with Gasteiger partial charge in [0, 0.05) is 13.1 Å². The van der Waals surface area contributed by atoms with Crippen LogP contribution in [0.25, 0.3) is 0 Å². The van der Waals surface area contributed by atoms with Crippen LogP contribution in [0.4, 0.5) is 0 Å². The van der Waals surface area contributed by atoms with Crippen molar-refractivity contribution in [2.45, 2.75) is 34.1 Å². The van der Waals surface area contributed by atoms with E-state index < -0.39 is 0 Å². The van der Waals surface area contributed by atoms with E-state index in [2.05, 4.69) is 45.2 Å². The highest BCUT2D eigenvalue weighted by molar-refractivity contribution is 7.80. The van der Waals surface area contributed by atoms with Gasteiger partial charge >= 0.3 is 0 Å². The Morgan fingerprint density at radius 3 is 2.50 bits per heavy atom. The monoisotopic (exact) mass is 215 g/mol. The lowest BCUT2D eigenvalue weighted by molar-refractivity contribution is 0.220. The van der Waals surface area contributed by atoms with Crippen molar-refractivity contribution in [2.24, 2.45) is 17.3 Å². The van der Waals surface area contributed by atoms with E-state index in [0.29, 0.717) is 5.41 Å². The zero-order chi connectivity index (χ0) is 10.8. The normalized spacial score (nSPS) is 26.8. The fraction of sp³-hybridized carbons (Fsp3) is 1.00. The number of nitrogens with zero attached hydrogens (tertiary/aromatic N) is 1. The standard InChI is InChI=1S/C12H25NS/c1-10(9-14)7-13-6-5-11(8-13)12(2,3)4/h10-11,14H,5-9H2,1-4H3. The quantitative estimate of drug-likeness (QED) is 0.709. The van der Waals surface area contributed by atoms with Crippen LogP contribution in [0.3, 0.4) is 0 Å². The van der Waals surface area contributed by atoms with Crippen LogP contribution in [-0.4, -0.2) is 30.3 Å². The molecule has 1 heterocycles. The molecule has 2 atom stereocenters. The lowest BCUT2D eigenvalue weighted by Gasteiger charge is -2.27. The molecule has 0 radical (unpaired) electrons. The first-order valence-corrected chi connectivity index (χ1v) is 6.40. The molecule has 84 valence electrons. The van der Waals surface area contributed by atoms with Crippen molar-refractivity contribution in [3.05, 3.63) is 0 Å². The van der Waals surface area contributed by atoms with Crippen molar-refractivity contribution in [3.63, 3.8) is 0 Å². The van der Waals surface area contributed by atoms with Gasteiger partial charge in [-0.2, -0.15) is 12.6 Å². The van der Waals surface area contributed by atoms with Crippen LogP contribution < -0.4 is 0 Å². The highest BCUT2D eigenvalue weighted by atomic mass is 32.1. The Bertz CT molecular complexity index is 174. The average molecular weight is 215 g/mol. The minimum absolute atomic E-state index is 0.485. The van der Waals surface area contributed by atoms with Crippen LogP contribution in [-0.2, 0) is 0 Å². The lowest BCUT2D eigenvalue weighted by atomic mass is 9.80. The molecule has 0 N–H and O–H groups in total. The fourth-order valence-corrected chi connectivity index (χ4v) is 2.32. The molecule has 1 fully saturated rings. The van der Waals surface area contributed by atoms with Crippen molar-refractivity contribution in [1.82, 2.24) is 4.90 Å². The molecule has 0 aliphatic carbocycles. The Morgan fingerprint density at radius 2 is 2.07 bits per heavy atom. The summed E-state index contributed by atoms with van der Waals surface area (Å²) in [5, 5.41) is 0. The third kappa shape index (κ3) is 3.47. The number of rotatable bonds is 3. The van der Waals surface area contributed by atoms with Gasteiger partial charge in [-0.05, 0) is 36.0 Å². The summed E-state index contributed by atoms with van der Waals surface area (Å²) in [4.78, 5) is 2.61. The molecule has 0 saturated carbocycles. The van der Waals surface area contributed by atoms with Gasteiger partial charge in [0.05, 0.1) is 0 Å². The highest BCUT2D eigenvalue weighted by Crippen LogP contribution is 2.33. The molecule has 1 nitrogen and oxygen atoms in total. The Morgan fingerprint density at radius 1 is 1.43 bits per heavy atom. The molecule has 2 unspecified atom stereocenters. The summed E-state index contributed by atoms with van der Waals surface area (Å²) in [6.07, 6.45) is 1.38. The van der Waals surface area contributed by atoms with Crippen molar-refractivity contribution in [3.8, 4) is 0 Å². The minimum atomic E-state index is 0.485. The van der Waals surface area contributed by atoms with E-state index in [9.17, 15) is 0 Å². The van der Waals surface area contributed by atoms with Crippen LogP contribution >= 0.6 is 12.6 Å². The number of thiol groups is 1. The molecule has 0 aromatic heterocycles. The van der Waals surface area contributed by atoms with Crippen molar-refractivity contribution in [1.29, 1.82) is 0 Å². The van der Waals surface area contributed by atoms with Gasteiger partial charge in [-0.15, -0.1) is 0 Å². The summed E-state index contributed by atoms with van der Waals surface area (Å²) < 4.78 is 0. The number of hydrogen-bond donors (Lipinski definition) is 1. The van der Waals surface area contributed by atoms with Gasteiger partial charge in [-0.3, -0.25) is 0 Å². The third-order valence-corrected chi connectivity index (χ3v) is 4.00. The second kappa shape index (κ2) is 4.89. The fourth-order valence-electron chi connectivity index (χ4n) is 2.20. The van der Waals surface area contributed by atoms with Crippen LogP contribution in [0.5, 0.6) is 0 Å². The SMILES string of the molecule is CC(CS)CN1CCC(C(C)(C)C)C1. The maximum absolute atomic E-state index is 4.34. The van der Waals surface area contributed by atoms with E-state index in [1.165, 1.54) is 26.1 Å². The molecule has 1 aliphatic rings. The molecule has 1 rings (SSSR count). The van der Waals surface area contributed by atoms with E-state index >= 15 is 0 Å². The summed E-state index contributed by atoms with van der Waals surface area (Å²) in [5.41, 5.74) is 0.485. The molecule has 2 heteroatoms. The minimum Gasteiger partial charge on any atom is -0.303 e. The molecule has 0 aromatic carbocycles. The smallest absolute Gasteiger partial charge is 0.00153 e. The highest BCUT2D eigenvalue weighted by Gasteiger charge is 2.31. The van der Waals surface area contributed by atoms with E-state index in [1.807, 2.05) is 0 Å². The van der Waals surface area contributed by atoms with Crippen molar-refractivity contribution < 1.29 is 0 Å². The molecule has 0 aromatic rings. The van der Waals surface area contributed by atoms with Gasteiger partial charge in [0.15, 0.2) is 0 Å². The zero-order valence-corrected chi connectivity index (χ0v) is 11.0. The first-order valence-electron chi connectivity index (χ1n) is 5.76. The van der Waals surface area contributed by atoms with Crippen LogP contribution in [0, 0.1) is 17.3 Å². The molecular weight excluding hydrogens is 190 g/mol. The van der Waals surface area contributed by atoms with Crippen molar-refractivity contribution >= 4 is 12.6 Å². The summed E-state index contributed by atoms with van der Waals surface area (Å²) in [5.74, 6) is 2.63. The summed E-state index contributed by atoms with van der Waals surface area (Å²) in [7, 11) is 0. The first kappa shape index (κ1) is 12.4. The van der Waals surface area contributed by atoms with Gasteiger partial charge in [-0.25, -0.2) is 0 Å². The molecule has 1 saturated heterocycles.